The summed E-state index contributed by atoms with van der Waals surface area (Å²) in [6.07, 6.45) is 3.42. The Hall–Kier alpha value is -2.95. The lowest BCUT2D eigenvalue weighted by Gasteiger charge is -2.11. The van der Waals surface area contributed by atoms with Crippen molar-refractivity contribution in [2.24, 2.45) is 0 Å². The highest BCUT2D eigenvalue weighted by Gasteiger charge is 2.14. The molecule has 0 unspecified atom stereocenters. The number of fused-ring (bicyclic) bond motifs is 1. The number of carbonyl (C=O) groups excluding carboxylic acids is 1. The van der Waals surface area contributed by atoms with Gasteiger partial charge in [-0.1, -0.05) is 35.3 Å². The molecule has 1 amide bonds. The minimum atomic E-state index is -0.199. The van der Waals surface area contributed by atoms with E-state index in [9.17, 15) is 4.79 Å². The Morgan fingerprint density at radius 2 is 1.75 bits per heavy atom. The summed E-state index contributed by atoms with van der Waals surface area (Å²) < 4.78 is 0. The summed E-state index contributed by atoms with van der Waals surface area (Å²) in [7, 11) is 0. The second kappa shape index (κ2) is 7.97. The van der Waals surface area contributed by atoms with Gasteiger partial charge < -0.3 is 5.32 Å². The Morgan fingerprint density at radius 3 is 2.50 bits per heavy atom. The molecule has 0 atom stereocenters. The monoisotopic (exact) mass is 407 g/mol. The molecular weight excluding hydrogens is 393 g/mol. The van der Waals surface area contributed by atoms with Crippen molar-refractivity contribution < 1.29 is 4.79 Å². The first-order chi connectivity index (χ1) is 13.6. The van der Waals surface area contributed by atoms with Gasteiger partial charge in [-0.05, 0) is 54.1 Å². The molecule has 0 aliphatic rings. The van der Waals surface area contributed by atoms with Gasteiger partial charge in [0.15, 0.2) is 0 Å². The number of benzene rings is 2. The lowest BCUT2D eigenvalue weighted by atomic mass is 10.0. The van der Waals surface area contributed by atoms with Crippen molar-refractivity contribution in [1.29, 1.82) is 0 Å². The molecule has 0 fully saturated rings. The highest BCUT2D eigenvalue weighted by Crippen LogP contribution is 2.27. The molecule has 0 saturated heterocycles. The van der Waals surface area contributed by atoms with Crippen molar-refractivity contribution in [3.63, 3.8) is 0 Å². The van der Waals surface area contributed by atoms with Crippen LogP contribution in [0.3, 0.4) is 0 Å². The van der Waals surface area contributed by atoms with Crippen LogP contribution in [0.25, 0.3) is 22.2 Å². The highest BCUT2D eigenvalue weighted by molar-refractivity contribution is 6.31. The Labute approximate surface area is 172 Å². The van der Waals surface area contributed by atoms with Gasteiger partial charge in [0.05, 0.1) is 16.8 Å². The number of hydrogen-bond donors (Lipinski definition) is 1. The van der Waals surface area contributed by atoms with Crippen LogP contribution in [0, 0.1) is 0 Å². The van der Waals surface area contributed by atoms with E-state index in [1.54, 1.807) is 42.7 Å². The van der Waals surface area contributed by atoms with Gasteiger partial charge >= 0.3 is 0 Å². The van der Waals surface area contributed by atoms with Crippen molar-refractivity contribution >= 4 is 40.0 Å². The first-order valence-electron chi connectivity index (χ1n) is 8.63. The number of nitrogens with zero attached hydrogens (tertiary/aromatic N) is 2. The van der Waals surface area contributed by atoms with E-state index >= 15 is 0 Å². The largest absolute Gasteiger partial charge is 0.348 e. The Balaban J connectivity index is 1.72. The first-order valence-corrected chi connectivity index (χ1v) is 9.39. The molecule has 2 heterocycles. The second-order valence-corrected chi connectivity index (χ2v) is 7.14. The van der Waals surface area contributed by atoms with Crippen molar-refractivity contribution in [2.45, 2.75) is 6.54 Å². The van der Waals surface area contributed by atoms with Gasteiger partial charge in [0, 0.05) is 39.9 Å². The van der Waals surface area contributed by atoms with Gasteiger partial charge in [-0.25, -0.2) is 4.98 Å². The maximum Gasteiger partial charge on any atom is 0.252 e. The molecule has 0 spiro atoms. The standard InChI is InChI=1S/C22H15Cl2N3O/c23-16-5-3-14(4-6-16)12-26-22(28)19-11-21(15-2-1-9-25-13-15)27-20-8-7-17(24)10-18(19)20/h1-11,13H,12H2,(H,26,28). The number of halogens is 2. The SMILES string of the molecule is O=C(NCc1ccc(Cl)cc1)c1cc(-c2cccnc2)nc2ccc(Cl)cc12. The van der Waals surface area contributed by atoms with Crippen LogP contribution < -0.4 is 5.32 Å². The molecule has 0 bridgehead atoms. The molecule has 2 aromatic carbocycles. The molecule has 4 aromatic rings. The number of carbonyl (C=O) groups is 1. The average Bonchev–Trinajstić information content (AvgIpc) is 2.73. The van der Waals surface area contributed by atoms with Crippen LogP contribution in [-0.4, -0.2) is 15.9 Å². The first kappa shape index (κ1) is 18.4. The molecule has 0 saturated carbocycles. The van der Waals surface area contributed by atoms with Crippen LogP contribution >= 0.6 is 23.2 Å². The summed E-state index contributed by atoms with van der Waals surface area (Å²) in [5.74, 6) is -0.199. The fraction of sp³-hybridized carbons (Fsp3) is 0.0455. The fourth-order valence-electron chi connectivity index (χ4n) is 2.93. The van der Waals surface area contributed by atoms with Crippen LogP contribution in [0.4, 0.5) is 0 Å². The average molecular weight is 408 g/mol. The van der Waals surface area contributed by atoms with Gasteiger partial charge in [0.2, 0.25) is 0 Å². The quantitative estimate of drug-likeness (QED) is 0.483. The Morgan fingerprint density at radius 1 is 0.964 bits per heavy atom. The number of pyridine rings is 2. The zero-order chi connectivity index (χ0) is 19.5. The van der Waals surface area contributed by atoms with Gasteiger partial charge in [-0.3, -0.25) is 9.78 Å². The molecule has 0 radical (unpaired) electrons. The van der Waals surface area contributed by atoms with E-state index < -0.39 is 0 Å². The Bertz CT molecular complexity index is 1150. The third-order valence-electron chi connectivity index (χ3n) is 4.34. The maximum atomic E-state index is 13.0. The van der Waals surface area contributed by atoms with Crippen LogP contribution in [0.5, 0.6) is 0 Å². The van der Waals surface area contributed by atoms with Crippen LogP contribution in [0.2, 0.25) is 10.0 Å². The molecule has 138 valence electrons. The summed E-state index contributed by atoms with van der Waals surface area (Å²) in [6, 6.07) is 18.2. The van der Waals surface area contributed by atoms with Crippen molar-refractivity contribution in [3.05, 3.63) is 94.2 Å². The molecule has 6 heteroatoms. The number of rotatable bonds is 4. The topological polar surface area (TPSA) is 54.9 Å². The number of nitrogens with one attached hydrogen (secondary N) is 1. The number of hydrogen-bond acceptors (Lipinski definition) is 3. The lowest BCUT2D eigenvalue weighted by Crippen LogP contribution is -2.23. The third kappa shape index (κ3) is 3.98. The lowest BCUT2D eigenvalue weighted by molar-refractivity contribution is 0.0952. The van der Waals surface area contributed by atoms with E-state index in [4.69, 9.17) is 23.2 Å². The molecule has 0 aliphatic carbocycles. The maximum absolute atomic E-state index is 13.0. The summed E-state index contributed by atoms with van der Waals surface area (Å²) in [6.45, 7) is 0.391. The van der Waals surface area contributed by atoms with E-state index in [-0.39, 0.29) is 5.91 Å². The molecule has 4 nitrogen and oxygen atoms in total. The second-order valence-electron chi connectivity index (χ2n) is 6.27. The smallest absolute Gasteiger partial charge is 0.252 e. The fourth-order valence-corrected chi connectivity index (χ4v) is 3.23. The molecule has 0 aliphatic heterocycles. The molecule has 4 rings (SSSR count). The van der Waals surface area contributed by atoms with Gasteiger partial charge in [0.25, 0.3) is 5.91 Å². The molecular formula is C22H15Cl2N3O. The van der Waals surface area contributed by atoms with Crippen LogP contribution in [-0.2, 0) is 6.54 Å². The van der Waals surface area contributed by atoms with Crippen molar-refractivity contribution in [1.82, 2.24) is 15.3 Å². The number of aromatic nitrogens is 2. The highest BCUT2D eigenvalue weighted by atomic mass is 35.5. The van der Waals surface area contributed by atoms with Gasteiger partial charge in [-0.2, -0.15) is 0 Å². The molecule has 2 aromatic heterocycles. The molecule has 1 N–H and O–H groups in total. The third-order valence-corrected chi connectivity index (χ3v) is 4.83. The number of amides is 1. The van der Waals surface area contributed by atoms with Crippen molar-refractivity contribution in [3.8, 4) is 11.3 Å². The van der Waals surface area contributed by atoms with Crippen LogP contribution in [0.15, 0.2) is 73.1 Å². The van der Waals surface area contributed by atoms with Crippen LogP contribution in [0.1, 0.15) is 15.9 Å². The minimum Gasteiger partial charge on any atom is -0.348 e. The van der Waals surface area contributed by atoms with Crippen molar-refractivity contribution in [2.75, 3.05) is 0 Å². The minimum absolute atomic E-state index is 0.199. The summed E-state index contributed by atoms with van der Waals surface area (Å²) in [4.78, 5) is 21.8. The summed E-state index contributed by atoms with van der Waals surface area (Å²) in [5.41, 5.74) is 3.69. The van der Waals surface area contributed by atoms with E-state index in [1.807, 2.05) is 30.3 Å². The van der Waals surface area contributed by atoms with Gasteiger partial charge in [-0.15, -0.1) is 0 Å². The van der Waals surface area contributed by atoms with E-state index in [0.29, 0.717) is 38.8 Å². The zero-order valence-electron chi connectivity index (χ0n) is 14.7. The van der Waals surface area contributed by atoms with E-state index in [1.165, 1.54) is 0 Å². The molecule has 28 heavy (non-hydrogen) atoms. The van der Waals surface area contributed by atoms with E-state index in [0.717, 1.165) is 11.1 Å². The predicted octanol–water partition coefficient (Wildman–Crippen LogP) is 5.53. The van der Waals surface area contributed by atoms with Gasteiger partial charge in [0.1, 0.15) is 0 Å². The summed E-state index contributed by atoms with van der Waals surface area (Å²) in [5, 5.41) is 4.87. The zero-order valence-corrected chi connectivity index (χ0v) is 16.2. The summed E-state index contributed by atoms with van der Waals surface area (Å²) >= 11 is 12.1. The predicted molar refractivity (Wildman–Crippen MR) is 113 cm³/mol. The Kier molecular flexibility index (Phi) is 5.24. The van der Waals surface area contributed by atoms with E-state index in [2.05, 4.69) is 15.3 Å². The normalized spacial score (nSPS) is 10.8.